The lowest BCUT2D eigenvalue weighted by Gasteiger charge is -2.08. The summed E-state index contributed by atoms with van der Waals surface area (Å²) < 4.78 is 5.10. The molecular formula is C13H14O3. The van der Waals surface area contributed by atoms with Gasteiger partial charge in [0.05, 0.1) is 0 Å². The molecule has 3 heteroatoms. The summed E-state index contributed by atoms with van der Waals surface area (Å²) in [5.41, 5.74) is 1.55. The lowest BCUT2D eigenvalue weighted by molar-refractivity contribution is 0.455. The summed E-state index contributed by atoms with van der Waals surface area (Å²) in [6, 6.07) is 5.16. The van der Waals surface area contributed by atoms with Gasteiger partial charge in [-0.3, -0.25) is 0 Å². The van der Waals surface area contributed by atoms with Crippen LogP contribution in [0.1, 0.15) is 24.5 Å². The fourth-order valence-electron chi connectivity index (χ4n) is 1.94. The van der Waals surface area contributed by atoms with Gasteiger partial charge in [-0.05, 0) is 25.0 Å². The number of aryl methyl sites for hydroxylation is 1. The third kappa shape index (κ3) is 1.58. The zero-order valence-electron chi connectivity index (χ0n) is 9.41. The fraction of sp³-hybridized carbons (Fsp3) is 0.308. The lowest BCUT2D eigenvalue weighted by Crippen LogP contribution is -2.07. The Morgan fingerprint density at radius 3 is 2.81 bits per heavy atom. The van der Waals surface area contributed by atoms with E-state index in [9.17, 15) is 9.90 Å². The van der Waals surface area contributed by atoms with Crippen molar-refractivity contribution in [2.75, 3.05) is 0 Å². The monoisotopic (exact) mass is 218 g/mol. The molecule has 0 bridgehead atoms. The highest BCUT2D eigenvalue weighted by Crippen LogP contribution is 2.27. The molecule has 3 nitrogen and oxygen atoms in total. The van der Waals surface area contributed by atoms with Crippen LogP contribution in [0.3, 0.4) is 0 Å². The molecule has 0 amide bonds. The van der Waals surface area contributed by atoms with Gasteiger partial charge in [0.25, 0.3) is 0 Å². The Labute approximate surface area is 93.3 Å². The summed E-state index contributed by atoms with van der Waals surface area (Å²) in [5, 5.41) is 10.5. The number of phenols is 1. The smallest absolute Gasteiger partial charge is 0.339 e. The van der Waals surface area contributed by atoms with Gasteiger partial charge >= 0.3 is 5.63 Å². The molecule has 0 radical (unpaired) electrons. The Kier molecular flexibility index (Phi) is 2.69. The van der Waals surface area contributed by atoms with Gasteiger partial charge in [-0.2, -0.15) is 0 Å². The molecule has 2 aromatic rings. The highest BCUT2D eigenvalue weighted by Gasteiger charge is 2.12. The number of hydrogen-bond donors (Lipinski definition) is 1. The molecule has 0 saturated heterocycles. The Morgan fingerprint density at radius 1 is 1.38 bits per heavy atom. The van der Waals surface area contributed by atoms with Gasteiger partial charge in [-0.15, -0.1) is 0 Å². The van der Waals surface area contributed by atoms with Crippen molar-refractivity contribution in [3.8, 4) is 5.75 Å². The molecule has 0 unspecified atom stereocenters. The van der Waals surface area contributed by atoms with E-state index in [0.717, 1.165) is 23.8 Å². The summed E-state index contributed by atoms with van der Waals surface area (Å²) in [4.78, 5) is 11.6. The third-order valence-electron chi connectivity index (χ3n) is 2.77. The van der Waals surface area contributed by atoms with Gasteiger partial charge in [0, 0.05) is 10.9 Å². The normalized spacial score (nSPS) is 10.9. The summed E-state index contributed by atoms with van der Waals surface area (Å²) in [6.45, 7) is 3.82. The average Bonchev–Trinajstić information content (AvgIpc) is 2.26. The maximum absolute atomic E-state index is 11.6. The standard InChI is InChI=1S/C13H14O3/c1-3-5-9-8(2)13(15)16-12-10(9)6-4-7-11(12)14/h4,6-7,14H,3,5H2,1-2H3. The minimum absolute atomic E-state index is 0.0203. The summed E-state index contributed by atoms with van der Waals surface area (Å²) in [6.07, 6.45) is 1.77. The molecule has 1 aromatic heterocycles. The van der Waals surface area contributed by atoms with Gasteiger partial charge in [0.15, 0.2) is 11.3 Å². The first-order chi connectivity index (χ1) is 7.65. The van der Waals surface area contributed by atoms with Gasteiger partial charge in [0.2, 0.25) is 0 Å². The van der Waals surface area contributed by atoms with E-state index in [1.165, 1.54) is 6.07 Å². The van der Waals surface area contributed by atoms with Crippen LogP contribution in [0.5, 0.6) is 5.75 Å². The van der Waals surface area contributed by atoms with E-state index in [1.807, 2.05) is 6.07 Å². The van der Waals surface area contributed by atoms with E-state index in [0.29, 0.717) is 11.1 Å². The zero-order chi connectivity index (χ0) is 11.7. The highest BCUT2D eigenvalue weighted by molar-refractivity contribution is 5.85. The number of phenolic OH excluding ortho intramolecular Hbond substituents is 1. The van der Waals surface area contributed by atoms with Crippen molar-refractivity contribution in [2.24, 2.45) is 0 Å². The van der Waals surface area contributed by atoms with Crippen molar-refractivity contribution in [2.45, 2.75) is 26.7 Å². The summed E-state index contributed by atoms with van der Waals surface area (Å²) in [5.74, 6) is 0.0203. The molecular weight excluding hydrogens is 204 g/mol. The quantitative estimate of drug-likeness (QED) is 0.788. The van der Waals surface area contributed by atoms with E-state index >= 15 is 0 Å². The second-order valence-corrected chi connectivity index (χ2v) is 3.90. The molecule has 0 saturated carbocycles. The zero-order valence-corrected chi connectivity index (χ0v) is 9.41. The molecule has 1 heterocycles. The predicted molar refractivity (Wildman–Crippen MR) is 62.9 cm³/mol. The molecule has 0 aliphatic carbocycles. The SMILES string of the molecule is CCCc1c(C)c(=O)oc2c(O)cccc12. The van der Waals surface area contributed by atoms with Crippen molar-refractivity contribution in [3.63, 3.8) is 0 Å². The van der Waals surface area contributed by atoms with Crippen LogP contribution < -0.4 is 5.63 Å². The van der Waals surface area contributed by atoms with Gasteiger partial charge in [-0.1, -0.05) is 25.5 Å². The molecule has 0 spiro atoms. The van der Waals surface area contributed by atoms with Crippen LogP contribution in [0.2, 0.25) is 0 Å². The van der Waals surface area contributed by atoms with Crippen molar-refractivity contribution in [1.29, 1.82) is 0 Å². The lowest BCUT2D eigenvalue weighted by atomic mass is 10.0. The minimum Gasteiger partial charge on any atom is -0.504 e. The maximum Gasteiger partial charge on any atom is 0.339 e. The fourth-order valence-corrected chi connectivity index (χ4v) is 1.94. The van der Waals surface area contributed by atoms with Gasteiger partial charge in [0.1, 0.15) is 0 Å². The average molecular weight is 218 g/mol. The number of hydrogen-bond acceptors (Lipinski definition) is 3. The van der Waals surface area contributed by atoms with Gasteiger partial charge in [-0.25, -0.2) is 4.79 Å². The number of fused-ring (bicyclic) bond motifs is 1. The van der Waals surface area contributed by atoms with Crippen LogP contribution in [0, 0.1) is 6.92 Å². The van der Waals surface area contributed by atoms with Crippen LogP contribution in [0.4, 0.5) is 0 Å². The molecule has 84 valence electrons. The van der Waals surface area contributed by atoms with Crippen molar-refractivity contribution < 1.29 is 9.52 Å². The molecule has 16 heavy (non-hydrogen) atoms. The number of rotatable bonds is 2. The first-order valence-corrected chi connectivity index (χ1v) is 5.39. The second kappa shape index (κ2) is 4.00. The third-order valence-corrected chi connectivity index (χ3v) is 2.77. The first kappa shape index (κ1) is 10.7. The Morgan fingerprint density at radius 2 is 2.12 bits per heavy atom. The minimum atomic E-state index is -0.363. The largest absolute Gasteiger partial charge is 0.504 e. The van der Waals surface area contributed by atoms with Crippen molar-refractivity contribution >= 4 is 11.0 Å². The molecule has 1 N–H and O–H groups in total. The van der Waals surface area contributed by atoms with Crippen molar-refractivity contribution in [3.05, 3.63) is 39.7 Å². The number of benzene rings is 1. The van der Waals surface area contributed by atoms with Crippen LogP contribution in [-0.2, 0) is 6.42 Å². The van der Waals surface area contributed by atoms with E-state index in [1.54, 1.807) is 13.0 Å². The Bertz CT molecular complexity index is 581. The van der Waals surface area contributed by atoms with E-state index in [-0.39, 0.29) is 11.4 Å². The Hall–Kier alpha value is -1.77. The van der Waals surface area contributed by atoms with Crippen LogP contribution in [-0.4, -0.2) is 5.11 Å². The topological polar surface area (TPSA) is 50.4 Å². The number of para-hydroxylation sites is 1. The van der Waals surface area contributed by atoms with E-state index in [2.05, 4.69) is 6.92 Å². The summed E-state index contributed by atoms with van der Waals surface area (Å²) in [7, 11) is 0. The molecule has 0 atom stereocenters. The Balaban J connectivity index is 2.89. The van der Waals surface area contributed by atoms with Gasteiger partial charge < -0.3 is 9.52 Å². The van der Waals surface area contributed by atoms with Crippen LogP contribution >= 0.6 is 0 Å². The van der Waals surface area contributed by atoms with E-state index < -0.39 is 0 Å². The predicted octanol–water partition coefficient (Wildman–Crippen LogP) is 2.76. The first-order valence-electron chi connectivity index (χ1n) is 5.39. The maximum atomic E-state index is 11.6. The highest BCUT2D eigenvalue weighted by atomic mass is 16.4. The molecule has 2 rings (SSSR count). The van der Waals surface area contributed by atoms with Crippen molar-refractivity contribution in [1.82, 2.24) is 0 Å². The molecule has 0 fully saturated rings. The summed E-state index contributed by atoms with van der Waals surface area (Å²) >= 11 is 0. The van der Waals surface area contributed by atoms with E-state index in [4.69, 9.17) is 4.42 Å². The second-order valence-electron chi connectivity index (χ2n) is 3.90. The molecule has 1 aromatic carbocycles. The molecule has 0 aliphatic heterocycles. The molecule has 0 aliphatic rings. The van der Waals surface area contributed by atoms with Crippen LogP contribution in [0.15, 0.2) is 27.4 Å². The van der Waals surface area contributed by atoms with Crippen LogP contribution in [0.25, 0.3) is 11.0 Å². The number of aromatic hydroxyl groups is 1.